The van der Waals surface area contributed by atoms with Crippen molar-refractivity contribution in [1.82, 2.24) is 25.5 Å². The number of benzene rings is 1. The number of tetrazole rings is 1. The normalized spacial score (nSPS) is 11.7. The van der Waals surface area contributed by atoms with Gasteiger partial charge >= 0.3 is 5.97 Å². The van der Waals surface area contributed by atoms with E-state index in [-0.39, 0.29) is 18.6 Å². The summed E-state index contributed by atoms with van der Waals surface area (Å²) in [5.41, 5.74) is 0.952. The summed E-state index contributed by atoms with van der Waals surface area (Å²) in [7, 11) is 0. The molecule has 0 saturated carbocycles. The van der Waals surface area contributed by atoms with E-state index in [1.165, 1.54) is 11.0 Å². The molecule has 8 nitrogen and oxygen atoms in total. The van der Waals surface area contributed by atoms with Gasteiger partial charge in [0.1, 0.15) is 6.33 Å². The summed E-state index contributed by atoms with van der Waals surface area (Å²) in [4.78, 5) is 23.5. The zero-order valence-electron chi connectivity index (χ0n) is 12.4. The Hall–Kier alpha value is -2.77. The quantitative estimate of drug-likeness (QED) is 0.790. The fraction of sp³-hybridized carbons (Fsp3) is 0.357. The van der Waals surface area contributed by atoms with Gasteiger partial charge in [0.25, 0.3) is 5.91 Å². The van der Waals surface area contributed by atoms with Crippen LogP contribution in [-0.2, 0) is 9.53 Å². The summed E-state index contributed by atoms with van der Waals surface area (Å²) in [5, 5.41) is 13.5. The number of rotatable bonds is 6. The summed E-state index contributed by atoms with van der Waals surface area (Å²) >= 11 is 0. The molecule has 22 heavy (non-hydrogen) atoms. The Morgan fingerprint density at radius 1 is 1.41 bits per heavy atom. The molecule has 2 rings (SSSR count). The molecule has 0 aliphatic carbocycles. The third-order valence-corrected chi connectivity index (χ3v) is 3.05. The zero-order chi connectivity index (χ0) is 15.9. The molecule has 1 atom stereocenters. The maximum absolute atomic E-state index is 12.0. The summed E-state index contributed by atoms with van der Waals surface area (Å²) in [5.74, 6) is -0.895. The molecule has 2 aromatic rings. The highest BCUT2D eigenvalue weighted by atomic mass is 16.5. The van der Waals surface area contributed by atoms with Gasteiger partial charge < -0.3 is 10.1 Å². The molecule has 0 spiro atoms. The van der Waals surface area contributed by atoms with Crippen molar-refractivity contribution in [1.29, 1.82) is 0 Å². The van der Waals surface area contributed by atoms with Gasteiger partial charge in [-0.15, -0.1) is 5.10 Å². The highest BCUT2D eigenvalue weighted by molar-refractivity contribution is 5.91. The monoisotopic (exact) mass is 303 g/mol. The fourth-order valence-corrected chi connectivity index (χ4v) is 1.69. The van der Waals surface area contributed by atoms with Gasteiger partial charge in [-0.25, -0.2) is 9.48 Å². The third-order valence-electron chi connectivity index (χ3n) is 3.05. The van der Waals surface area contributed by atoms with Crippen molar-refractivity contribution >= 4 is 11.9 Å². The molecular weight excluding hydrogens is 286 g/mol. The second-order valence-corrected chi connectivity index (χ2v) is 4.76. The minimum absolute atomic E-state index is 0.0503. The molecular formula is C14H17N5O3. The Kier molecular flexibility index (Phi) is 5.18. The summed E-state index contributed by atoms with van der Waals surface area (Å²) < 4.78 is 6.42. The van der Waals surface area contributed by atoms with Crippen LogP contribution in [-0.4, -0.2) is 44.7 Å². The van der Waals surface area contributed by atoms with E-state index >= 15 is 0 Å². The van der Waals surface area contributed by atoms with Crippen LogP contribution >= 0.6 is 0 Å². The first-order valence-electron chi connectivity index (χ1n) is 6.90. The largest absolute Gasteiger partial charge is 0.452 e. The number of hydrogen-bond donors (Lipinski definition) is 1. The number of carbonyl (C=O) groups excluding carboxylic acids is 2. The van der Waals surface area contributed by atoms with E-state index in [1.54, 1.807) is 24.3 Å². The lowest BCUT2D eigenvalue weighted by molar-refractivity contribution is -0.124. The summed E-state index contributed by atoms with van der Waals surface area (Å²) in [6, 6.07) is 6.68. The minimum atomic E-state index is -0.575. The lowest BCUT2D eigenvalue weighted by atomic mass is 10.2. The topological polar surface area (TPSA) is 99.0 Å². The van der Waals surface area contributed by atoms with Crippen LogP contribution in [0.25, 0.3) is 5.69 Å². The number of aromatic nitrogens is 4. The van der Waals surface area contributed by atoms with Crippen LogP contribution < -0.4 is 5.32 Å². The average molecular weight is 303 g/mol. The van der Waals surface area contributed by atoms with E-state index in [2.05, 4.69) is 20.8 Å². The van der Waals surface area contributed by atoms with E-state index < -0.39 is 5.97 Å². The second kappa shape index (κ2) is 7.30. The molecule has 0 aliphatic heterocycles. The zero-order valence-corrected chi connectivity index (χ0v) is 12.4. The van der Waals surface area contributed by atoms with Crippen LogP contribution in [0.5, 0.6) is 0 Å². The predicted molar refractivity (Wildman–Crippen MR) is 77.3 cm³/mol. The maximum Gasteiger partial charge on any atom is 0.338 e. The summed E-state index contributed by atoms with van der Waals surface area (Å²) in [6.07, 6.45) is 2.23. The maximum atomic E-state index is 12.0. The van der Waals surface area contributed by atoms with Crippen molar-refractivity contribution in [3.05, 3.63) is 36.2 Å². The van der Waals surface area contributed by atoms with Gasteiger partial charge in [0.15, 0.2) is 6.61 Å². The van der Waals surface area contributed by atoms with Gasteiger partial charge in [-0.1, -0.05) is 13.0 Å². The smallest absolute Gasteiger partial charge is 0.338 e. The van der Waals surface area contributed by atoms with Crippen molar-refractivity contribution < 1.29 is 14.3 Å². The second-order valence-electron chi connectivity index (χ2n) is 4.76. The Balaban J connectivity index is 1.96. The van der Waals surface area contributed by atoms with Crippen LogP contribution in [0.4, 0.5) is 0 Å². The number of nitrogens with zero attached hydrogens (tertiary/aromatic N) is 4. The first-order chi connectivity index (χ1) is 10.6. The standard InChI is InChI=1S/C14H17N5O3/c1-3-10(2)16-13(20)8-22-14(21)11-5-4-6-12(7-11)19-9-15-17-18-19/h4-7,9-10H,3,8H2,1-2H3,(H,16,20)/t10-/m0/s1. The van der Waals surface area contributed by atoms with E-state index in [0.717, 1.165) is 6.42 Å². The minimum Gasteiger partial charge on any atom is -0.452 e. The van der Waals surface area contributed by atoms with E-state index in [9.17, 15) is 9.59 Å². The first kappa shape index (κ1) is 15.6. The van der Waals surface area contributed by atoms with Gasteiger partial charge in [0.2, 0.25) is 0 Å². The number of amides is 1. The number of hydrogen-bond acceptors (Lipinski definition) is 6. The molecule has 0 fully saturated rings. The van der Waals surface area contributed by atoms with Gasteiger partial charge in [-0.05, 0) is 42.0 Å². The summed E-state index contributed by atoms with van der Waals surface area (Å²) in [6.45, 7) is 3.54. The molecule has 0 aliphatic rings. The lowest BCUT2D eigenvalue weighted by Crippen LogP contribution is -2.35. The SMILES string of the molecule is CC[C@H](C)NC(=O)COC(=O)c1cccc(-n2cnnn2)c1. The van der Waals surface area contributed by atoms with Gasteiger partial charge in [0.05, 0.1) is 11.3 Å². The van der Waals surface area contributed by atoms with Crippen LogP contribution in [0.15, 0.2) is 30.6 Å². The van der Waals surface area contributed by atoms with Crippen molar-refractivity contribution in [2.45, 2.75) is 26.3 Å². The van der Waals surface area contributed by atoms with Gasteiger partial charge in [0, 0.05) is 6.04 Å². The Labute approximate surface area is 127 Å². The Morgan fingerprint density at radius 3 is 2.91 bits per heavy atom. The van der Waals surface area contributed by atoms with Crippen molar-refractivity contribution in [3.63, 3.8) is 0 Å². The van der Waals surface area contributed by atoms with Gasteiger partial charge in [-0.3, -0.25) is 4.79 Å². The number of ether oxygens (including phenoxy) is 1. The molecule has 8 heteroatoms. The van der Waals surface area contributed by atoms with Crippen LogP contribution in [0.1, 0.15) is 30.6 Å². The van der Waals surface area contributed by atoms with Crippen molar-refractivity contribution in [3.8, 4) is 5.69 Å². The molecule has 1 aromatic carbocycles. The molecule has 1 heterocycles. The number of carbonyl (C=O) groups is 2. The van der Waals surface area contributed by atoms with Crippen LogP contribution in [0.3, 0.4) is 0 Å². The fourth-order valence-electron chi connectivity index (χ4n) is 1.69. The predicted octanol–water partition coefficient (Wildman–Crippen LogP) is 0.734. The Morgan fingerprint density at radius 2 is 2.23 bits per heavy atom. The van der Waals surface area contributed by atoms with E-state index in [4.69, 9.17) is 4.74 Å². The molecule has 0 unspecified atom stereocenters. The van der Waals surface area contributed by atoms with E-state index in [0.29, 0.717) is 11.3 Å². The highest BCUT2D eigenvalue weighted by Gasteiger charge is 2.12. The lowest BCUT2D eigenvalue weighted by Gasteiger charge is -2.11. The highest BCUT2D eigenvalue weighted by Crippen LogP contribution is 2.09. The number of nitrogens with one attached hydrogen (secondary N) is 1. The molecule has 116 valence electrons. The van der Waals surface area contributed by atoms with Crippen LogP contribution in [0, 0.1) is 0 Å². The average Bonchev–Trinajstić information content (AvgIpc) is 3.07. The third kappa shape index (κ3) is 4.11. The van der Waals surface area contributed by atoms with Crippen LogP contribution in [0.2, 0.25) is 0 Å². The molecule has 1 aromatic heterocycles. The molecule has 0 bridgehead atoms. The molecule has 0 radical (unpaired) electrons. The van der Waals surface area contributed by atoms with Crippen molar-refractivity contribution in [2.24, 2.45) is 0 Å². The Bertz CT molecular complexity index is 642. The first-order valence-corrected chi connectivity index (χ1v) is 6.90. The van der Waals surface area contributed by atoms with Crippen molar-refractivity contribution in [2.75, 3.05) is 6.61 Å². The molecule has 1 N–H and O–H groups in total. The molecule has 0 saturated heterocycles. The van der Waals surface area contributed by atoms with Gasteiger partial charge in [-0.2, -0.15) is 0 Å². The molecule has 1 amide bonds. The van der Waals surface area contributed by atoms with E-state index in [1.807, 2.05) is 13.8 Å². The number of esters is 1.